The minimum Gasteiger partial charge on any atom is -0.395 e. The molecule has 1 saturated heterocycles. The van der Waals surface area contributed by atoms with Crippen molar-refractivity contribution in [3.05, 3.63) is 34.3 Å². The number of likely N-dealkylation sites (tertiary alicyclic amines) is 1. The maximum absolute atomic E-state index is 8.99. The molecule has 1 aromatic carbocycles. The van der Waals surface area contributed by atoms with E-state index in [9.17, 15) is 0 Å². The predicted octanol–water partition coefficient (Wildman–Crippen LogP) is 2.20. The summed E-state index contributed by atoms with van der Waals surface area (Å²) in [5, 5.41) is 8.99. The smallest absolute Gasteiger partial charge is 0.0558 e. The van der Waals surface area contributed by atoms with Crippen molar-refractivity contribution in [2.24, 2.45) is 11.7 Å². The van der Waals surface area contributed by atoms with Crippen molar-refractivity contribution in [2.75, 3.05) is 32.8 Å². The minimum atomic E-state index is 0.259. The largest absolute Gasteiger partial charge is 0.395 e. The molecule has 1 heterocycles. The molecule has 0 radical (unpaired) electrons. The van der Waals surface area contributed by atoms with Crippen LogP contribution in [0.5, 0.6) is 0 Å². The van der Waals surface area contributed by atoms with E-state index in [2.05, 4.69) is 39.0 Å². The third-order valence-corrected chi connectivity index (χ3v) is 4.90. The van der Waals surface area contributed by atoms with E-state index in [-0.39, 0.29) is 6.61 Å². The van der Waals surface area contributed by atoms with E-state index in [1.54, 1.807) is 0 Å². The van der Waals surface area contributed by atoms with Crippen molar-refractivity contribution in [3.8, 4) is 0 Å². The maximum Gasteiger partial charge on any atom is 0.0558 e. The fourth-order valence-electron chi connectivity index (χ4n) is 3.07. The second-order valence-electron chi connectivity index (χ2n) is 5.27. The van der Waals surface area contributed by atoms with Gasteiger partial charge in [-0.05, 0) is 50.0 Å². The van der Waals surface area contributed by atoms with Crippen LogP contribution < -0.4 is 5.73 Å². The number of halogens is 1. The Bertz CT molecular complexity index is 391. The number of β-amino-alcohol motifs (C(OH)–C–C–N with tert-alkyl or cyclic N) is 1. The van der Waals surface area contributed by atoms with Gasteiger partial charge in [-0.25, -0.2) is 0 Å². The molecule has 1 unspecified atom stereocenters. The monoisotopic (exact) mass is 326 g/mol. The van der Waals surface area contributed by atoms with E-state index in [4.69, 9.17) is 10.8 Å². The fraction of sp³-hybridized carbons (Fsp3) is 0.600. The van der Waals surface area contributed by atoms with Crippen molar-refractivity contribution in [1.29, 1.82) is 0 Å². The van der Waals surface area contributed by atoms with Crippen molar-refractivity contribution >= 4 is 15.9 Å². The van der Waals surface area contributed by atoms with Gasteiger partial charge in [-0.2, -0.15) is 0 Å². The highest BCUT2D eigenvalue weighted by atomic mass is 79.9. The number of benzene rings is 1. The number of nitrogens with two attached hydrogens (primary N) is 1. The van der Waals surface area contributed by atoms with Crippen LogP contribution in [-0.4, -0.2) is 42.8 Å². The molecule has 0 spiro atoms. The molecule has 2 rings (SSSR count). The Morgan fingerprint density at radius 3 is 2.58 bits per heavy atom. The second kappa shape index (κ2) is 7.39. The Hall–Kier alpha value is -0.420. The SMILES string of the molecule is NCC(c1ccccc1Br)C1CCN(CCO)CC1. The number of aliphatic hydroxyl groups excluding tert-OH is 1. The van der Waals surface area contributed by atoms with Gasteiger partial charge in [0, 0.05) is 16.9 Å². The zero-order valence-electron chi connectivity index (χ0n) is 11.3. The molecule has 0 amide bonds. The average Bonchev–Trinajstić information content (AvgIpc) is 2.44. The molecule has 0 aliphatic carbocycles. The Balaban J connectivity index is 2.02. The molecule has 1 aromatic rings. The Kier molecular flexibility index (Phi) is 5.82. The summed E-state index contributed by atoms with van der Waals surface area (Å²) in [4.78, 5) is 2.34. The van der Waals surface area contributed by atoms with Crippen LogP contribution >= 0.6 is 15.9 Å². The van der Waals surface area contributed by atoms with Crippen molar-refractivity contribution in [1.82, 2.24) is 4.90 Å². The van der Waals surface area contributed by atoms with Gasteiger partial charge in [0.15, 0.2) is 0 Å². The molecule has 1 aliphatic heterocycles. The van der Waals surface area contributed by atoms with Gasteiger partial charge in [0.25, 0.3) is 0 Å². The summed E-state index contributed by atoms with van der Waals surface area (Å²) >= 11 is 3.64. The van der Waals surface area contributed by atoms with E-state index >= 15 is 0 Å². The summed E-state index contributed by atoms with van der Waals surface area (Å²) in [5.74, 6) is 1.09. The summed E-state index contributed by atoms with van der Waals surface area (Å²) in [6.07, 6.45) is 2.34. The minimum absolute atomic E-state index is 0.259. The highest BCUT2D eigenvalue weighted by Gasteiger charge is 2.27. The van der Waals surface area contributed by atoms with Gasteiger partial charge in [0.05, 0.1) is 6.61 Å². The first-order valence-corrected chi connectivity index (χ1v) is 7.83. The lowest BCUT2D eigenvalue weighted by Gasteiger charge is -2.36. The van der Waals surface area contributed by atoms with Crippen molar-refractivity contribution in [3.63, 3.8) is 0 Å². The first-order valence-electron chi connectivity index (χ1n) is 7.04. The van der Waals surface area contributed by atoms with Crippen LogP contribution in [0.25, 0.3) is 0 Å². The number of aliphatic hydroxyl groups is 1. The lowest BCUT2D eigenvalue weighted by atomic mass is 9.80. The third kappa shape index (κ3) is 3.78. The number of hydrogen-bond acceptors (Lipinski definition) is 3. The topological polar surface area (TPSA) is 49.5 Å². The molecule has 3 N–H and O–H groups in total. The van der Waals surface area contributed by atoms with Gasteiger partial charge in [-0.1, -0.05) is 34.1 Å². The van der Waals surface area contributed by atoms with Gasteiger partial charge in [-0.15, -0.1) is 0 Å². The number of nitrogens with zero attached hydrogens (tertiary/aromatic N) is 1. The van der Waals surface area contributed by atoms with Crippen LogP contribution in [0.2, 0.25) is 0 Å². The van der Waals surface area contributed by atoms with Gasteiger partial charge in [0.2, 0.25) is 0 Å². The fourth-order valence-corrected chi connectivity index (χ4v) is 3.65. The normalized spacial score (nSPS) is 19.5. The molecule has 0 bridgehead atoms. The number of hydrogen-bond donors (Lipinski definition) is 2. The zero-order chi connectivity index (χ0) is 13.7. The van der Waals surface area contributed by atoms with Gasteiger partial charge in [-0.3, -0.25) is 0 Å². The summed E-state index contributed by atoms with van der Waals surface area (Å²) in [6, 6.07) is 8.41. The Labute approximate surface area is 123 Å². The molecule has 1 atom stereocenters. The van der Waals surface area contributed by atoms with Crippen LogP contribution in [0.4, 0.5) is 0 Å². The molecule has 0 aromatic heterocycles. The Morgan fingerprint density at radius 2 is 2.00 bits per heavy atom. The molecule has 106 valence electrons. The van der Waals surface area contributed by atoms with E-state index in [1.165, 1.54) is 22.9 Å². The molecule has 1 fully saturated rings. The number of rotatable bonds is 5. The standard InChI is InChI=1S/C15H23BrN2O/c16-15-4-2-1-3-13(15)14(11-17)12-5-7-18(8-6-12)9-10-19/h1-4,12,14,19H,5-11,17H2. The molecule has 1 aliphatic rings. The van der Waals surface area contributed by atoms with Crippen LogP contribution in [0, 0.1) is 5.92 Å². The lowest BCUT2D eigenvalue weighted by molar-refractivity contribution is 0.138. The van der Waals surface area contributed by atoms with E-state index in [1.807, 2.05) is 6.07 Å². The first-order chi connectivity index (χ1) is 9.26. The van der Waals surface area contributed by atoms with Crippen molar-refractivity contribution in [2.45, 2.75) is 18.8 Å². The van der Waals surface area contributed by atoms with Gasteiger partial charge >= 0.3 is 0 Å². The Morgan fingerprint density at radius 1 is 1.32 bits per heavy atom. The molecule has 3 nitrogen and oxygen atoms in total. The summed E-state index contributed by atoms with van der Waals surface area (Å²) in [5.41, 5.74) is 7.36. The molecule has 0 saturated carbocycles. The van der Waals surface area contributed by atoms with E-state index in [0.29, 0.717) is 18.4 Å². The van der Waals surface area contributed by atoms with Crippen LogP contribution in [0.3, 0.4) is 0 Å². The predicted molar refractivity (Wildman–Crippen MR) is 82.2 cm³/mol. The van der Waals surface area contributed by atoms with Crippen molar-refractivity contribution < 1.29 is 5.11 Å². The zero-order valence-corrected chi connectivity index (χ0v) is 12.8. The summed E-state index contributed by atoms with van der Waals surface area (Å²) in [6.45, 7) is 3.91. The molecular formula is C15H23BrN2O. The highest BCUT2D eigenvalue weighted by molar-refractivity contribution is 9.10. The lowest BCUT2D eigenvalue weighted by Crippen LogP contribution is -2.38. The van der Waals surface area contributed by atoms with E-state index < -0.39 is 0 Å². The van der Waals surface area contributed by atoms with Crippen LogP contribution in [0.1, 0.15) is 24.3 Å². The first kappa shape index (κ1) is 15.0. The number of piperidine rings is 1. The molecular weight excluding hydrogens is 304 g/mol. The molecule has 19 heavy (non-hydrogen) atoms. The summed E-state index contributed by atoms with van der Waals surface area (Å²) < 4.78 is 1.17. The molecule has 4 heteroatoms. The van der Waals surface area contributed by atoms with Gasteiger partial charge < -0.3 is 15.7 Å². The highest BCUT2D eigenvalue weighted by Crippen LogP contribution is 2.35. The van der Waals surface area contributed by atoms with Gasteiger partial charge in [0.1, 0.15) is 0 Å². The third-order valence-electron chi connectivity index (χ3n) is 4.18. The van der Waals surface area contributed by atoms with Crippen LogP contribution in [0.15, 0.2) is 28.7 Å². The van der Waals surface area contributed by atoms with E-state index in [0.717, 1.165) is 19.6 Å². The maximum atomic E-state index is 8.99. The summed E-state index contributed by atoms with van der Waals surface area (Å²) in [7, 11) is 0. The van der Waals surface area contributed by atoms with Crippen LogP contribution in [-0.2, 0) is 0 Å². The average molecular weight is 327 g/mol. The quantitative estimate of drug-likeness (QED) is 0.872. The second-order valence-corrected chi connectivity index (χ2v) is 6.12.